The molecule has 2 aromatic carbocycles. The Kier molecular flexibility index (Phi) is 3.97. The van der Waals surface area contributed by atoms with Crippen LogP contribution in [0.1, 0.15) is 28.9 Å². The maximum Gasteiger partial charge on any atom is 0.0317 e. The van der Waals surface area contributed by atoms with Crippen LogP contribution in [-0.4, -0.2) is 0 Å². The highest BCUT2D eigenvalue weighted by Gasteiger charge is 2.09. The van der Waals surface area contributed by atoms with Crippen molar-refractivity contribution in [3.05, 3.63) is 59.2 Å². The minimum atomic E-state index is 0.412. The second-order valence-electron chi connectivity index (χ2n) is 4.70. The first-order chi connectivity index (χ1) is 8.56. The number of hydrogen-bond donors (Lipinski definition) is 1. The summed E-state index contributed by atoms with van der Waals surface area (Å²) in [5, 5.41) is 0.412. The second kappa shape index (κ2) is 5.49. The summed E-state index contributed by atoms with van der Waals surface area (Å²) >= 11 is 1.89. The van der Waals surface area contributed by atoms with Gasteiger partial charge in [0.15, 0.2) is 0 Å². The molecule has 0 saturated carbocycles. The van der Waals surface area contributed by atoms with Gasteiger partial charge in [-0.25, -0.2) is 0 Å². The average molecular weight is 257 g/mol. The molecule has 2 heteroatoms. The van der Waals surface area contributed by atoms with Gasteiger partial charge in [-0.15, -0.1) is 11.8 Å². The van der Waals surface area contributed by atoms with E-state index in [4.69, 9.17) is 5.73 Å². The maximum atomic E-state index is 5.83. The van der Waals surface area contributed by atoms with Gasteiger partial charge in [0.25, 0.3) is 0 Å². The van der Waals surface area contributed by atoms with Gasteiger partial charge in [0.2, 0.25) is 0 Å². The van der Waals surface area contributed by atoms with Crippen molar-refractivity contribution in [1.29, 1.82) is 0 Å². The van der Waals surface area contributed by atoms with E-state index >= 15 is 0 Å². The topological polar surface area (TPSA) is 26.0 Å². The van der Waals surface area contributed by atoms with Gasteiger partial charge in [-0.1, -0.05) is 29.8 Å². The fourth-order valence-corrected chi connectivity index (χ4v) is 3.06. The van der Waals surface area contributed by atoms with Crippen molar-refractivity contribution in [3.63, 3.8) is 0 Å². The molecule has 0 aliphatic rings. The molecule has 0 spiro atoms. The Hall–Kier alpha value is -1.41. The van der Waals surface area contributed by atoms with Crippen molar-refractivity contribution < 1.29 is 0 Å². The van der Waals surface area contributed by atoms with Crippen molar-refractivity contribution in [3.8, 4) is 0 Å². The van der Waals surface area contributed by atoms with Gasteiger partial charge in [-0.3, -0.25) is 0 Å². The van der Waals surface area contributed by atoms with Gasteiger partial charge in [0.05, 0.1) is 0 Å². The molecule has 0 amide bonds. The molecule has 2 rings (SSSR count). The number of nitrogen functional groups attached to an aromatic ring is 1. The molecular weight excluding hydrogens is 238 g/mol. The van der Waals surface area contributed by atoms with E-state index in [1.54, 1.807) is 0 Å². The monoisotopic (exact) mass is 257 g/mol. The SMILES string of the molecule is Cc1ccc(SC(C)c2cccc(N)c2)c(C)c1. The predicted octanol–water partition coefficient (Wildman–Crippen LogP) is 4.74. The lowest BCUT2D eigenvalue weighted by Gasteiger charge is -2.14. The van der Waals surface area contributed by atoms with E-state index in [1.807, 2.05) is 23.9 Å². The zero-order valence-electron chi connectivity index (χ0n) is 11.1. The third kappa shape index (κ3) is 3.08. The van der Waals surface area contributed by atoms with Crippen LogP contribution in [0.2, 0.25) is 0 Å². The highest BCUT2D eigenvalue weighted by Crippen LogP contribution is 2.37. The summed E-state index contributed by atoms with van der Waals surface area (Å²) in [6.07, 6.45) is 0. The molecule has 0 bridgehead atoms. The van der Waals surface area contributed by atoms with E-state index in [0.717, 1.165) is 5.69 Å². The van der Waals surface area contributed by atoms with Crippen LogP contribution in [0.15, 0.2) is 47.4 Å². The van der Waals surface area contributed by atoms with Gasteiger partial charge >= 0.3 is 0 Å². The number of benzene rings is 2. The first-order valence-electron chi connectivity index (χ1n) is 6.15. The highest BCUT2D eigenvalue weighted by atomic mass is 32.2. The summed E-state index contributed by atoms with van der Waals surface area (Å²) in [7, 11) is 0. The maximum absolute atomic E-state index is 5.83. The number of thioether (sulfide) groups is 1. The average Bonchev–Trinajstić information content (AvgIpc) is 2.32. The molecule has 0 aliphatic heterocycles. The lowest BCUT2D eigenvalue weighted by atomic mass is 10.1. The first-order valence-corrected chi connectivity index (χ1v) is 7.03. The van der Waals surface area contributed by atoms with Gasteiger partial charge in [0.1, 0.15) is 0 Å². The van der Waals surface area contributed by atoms with Crippen molar-refractivity contribution in [1.82, 2.24) is 0 Å². The minimum Gasteiger partial charge on any atom is -0.399 e. The molecular formula is C16H19NS. The zero-order valence-corrected chi connectivity index (χ0v) is 11.9. The number of hydrogen-bond acceptors (Lipinski definition) is 2. The molecule has 0 saturated heterocycles. The summed E-state index contributed by atoms with van der Waals surface area (Å²) in [5.74, 6) is 0. The second-order valence-corrected chi connectivity index (χ2v) is 6.08. The Bertz CT molecular complexity index is 549. The van der Waals surface area contributed by atoms with Crippen LogP contribution in [0.5, 0.6) is 0 Å². The Morgan fingerprint density at radius 1 is 1.06 bits per heavy atom. The van der Waals surface area contributed by atoms with E-state index in [2.05, 4.69) is 51.1 Å². The molecule has 1 nitrogen and oxygen atoms in total. The molecule has 1 unspecified atom stereocenters. The van der Waals surface area contributed by atoms with Crippen molar-refractivity contribution in [2.75, 3.05) is 5.73 Å². The lowest BCUT2D eigenvalue weighted by Crippen LogP contribution is -1.92. The molecule has 94 valence electrons. The Morgan fingerprint density at radius 3 is 2.50 bits per heavy atom. The third-order valence-electron chi connectivity index (χ3n) is 3.01. The summed E-state index contributed by atoms with van der Waals surface area (Å²) in [4.78, 5) is 1.34. The fourth-order valence-electron chi connectivity index (χ4n) is 2.00. The molecule has 0 fully saturated rings. The van der Waals surface area contributed by atoms with Gasteiger partial charge in [0, 0.05) is 15.8 Å². The van der Waals surface area contributed by atoms with Gasteiger partial charge in [-0.2, -0.15) is 0 Å². The Balaban J connectivity index is 2.18. The van der Waals surface area contributed by atoms with Crippen LogP contribution in [-0.2, 0) is 0 Å². The summed E-state index contributed by atoms with van der Waals surface area (Å²) in [5.41, 5.74) is 10.6. The predicted molar refractivity (Wildman–Crippen MR) is 81.0 cm³/mol. The van der Waals surface area contributed by atoms with Crippen molar-refractivity contribution >= 4 is 17.4 Å². The highest BCUT2D eigenvalue weighted by molar-refractivity contribution is 7.99. The minimum absolute atomic E-state index is 0.412. The third-order valence-corrected chi connectivity index (χ3v) is 4.35. The van der Waals surface area contributed by atoms with E-state index < -0.39 is 0 Å². The fraction of sp³-hybridized carbons (Fsp3) is 0.250. The van der Waals surface area contributed by atoms with Crippen LogP contribution in [0.4, 0.5) is 5.69 Å². The summed E-state index contributed by atoms with van der Waals surface area (Å²) < 4.78 is 0. The lowest BCUT2D eigenvalue weighted by molar-refractivity contribution is 1.09. The largest absolute Gasteiger partial charge is 0.399 e. The zero-order chi connectivity index (χ0) is 13.1. The standard InChI is InChI=1S/C16H19NS/c1-11-7-8-16(12(2)9-11)18-13(3)14-5-4-6-15(17)10-14/h4-10,13H,17H2,1-3H3. The summed E-state index contributed by atoms with van der Waals surface area (Å²) in [6.45, 7) is 6.52. The van der Waals surface area contributed by atoms with Crippen LogP contribution < -0.4 is 5.73 Å². The molecule has 0 aliphatic carbocycles. The number of aryl methyl sites for hydroxylation is 2. The van der Waals surface area contributed by atoms with E-state index in [9.17, 15) is 0 Å². The normalized spacial score (nSPS) is 12.4. The van der Waals surface area contributed by atoms with Crippen LogP contribution in [0.25, 0.3) is 0 Å². The van der Waals surface area contributed by atoms with Crippen LogP contribution in [0.3, 0.4) is 0 Å². The molecule has 1 atom stereocenters. The molecule has 0 heterocycles. The summed E-state index contributed by atoms with van der Waals surface area (Å²) in [6, 6.07) is 14.7. The number of anilines is 1. The van der Waals surface area contributed by atoms with Gasteiger partial charge < -0.3 is 5.73 Å². The Labute approximate surface area is 113 Å². The van der Waals surface area contributed by atoms with Crippen molar-refractivity contribution in [2.24, 2.45) is 0 Å². The van der Waals surface area contributed by atoms with E-state index in [1.165, 1.54) is 21.6 Å². The number of rotatable bonds is 3. The van der Waals surface area contributed by atoms with Gasteiger partial charge in [-0.05, 0) is 50.1 Å². The molecule has 2 N–H and O–H groups in total. The van der Waals surface area contributed by atoms with Crippen LogP contribution in [0, 0.1) is 13.8 Å². The van der Waals surface area contributed by atoms with E-state index in [0.29, 0.717) is 5.25 Å². The molecule has 18 heavy (non-hydrogen) atoms. The number of nitrogens with two attached hydrogens (primary N) is 1. The quantitative estimate of drug-likeness (QED) is 0.635. The molecule has 0 aromatic heterocycles. The van der Waals surface area contributed by atoms with Crippen LogP contribution >= 0.6 is 11.8 Å². The molecule has 0 radical (unpaired) electrons. The smallest absolute Gasteiger partial charge is 0.0317 e. The Morgan fingerprint density at radius 2 is 1.83 bits per heavy atom. The molecule has 2 aromatic rings. The van der Waals surface area contributed by atoms with Crippen molar-refractivity contribution in [2.45, 2.75) is 30.9 Å². The van der Waals surface area contributed by atoms with E-state index in [-0.39, 0.29) is 0 Å². The first kappa shape index (κ1) is 13.0.